The summed E-state index contributed by atoms with van der Waals surface area (Å²) in [6.45, 7) is 1.94. The van der Waals surface area contributed by atoms with Gasteiger partial charge in [-0.2, -0.15) is 4.68 Å². The maximum atomic E-state index is 12.5. The van der Waals surface area contributed by atoms with Gasteiger partial charge in [-0.3, -0.25) is 4.79 Å². The highest BCUT2D eigenvalue weighted by atomic mass is 32.2. The minimum Gasteiger partial charge on any atom is -0.480 e. The van der Waals surface area contributed by atoms with Gasteiger partial charge in [0.2, 0.25) is 11.1 Å². The van der Waals surface area contributed by atoms with E-state index in [4.69, 9.17) is 0 Å². The Hall–Kier alpha value is -3.66. The third-order valence-corrected chi connectivity index (χ3v) is 5.77. The average Bonchev–Trinajstić information content (AvgIpc) is 3.39. The predicted molar refractivity (Wildman–Crippen MR) is 116 cm³/mol. The molecule has 10 heteroatoms. The molecule has 4 rings (SSSR count). The van der Waals surface area contributed by atoms with Crippen LogP contribution in [0, 0.1) is 6.92 Å². The average molecular weight is 436 g/mol. The van der Waals surface area contributed by atoms with Crippen molar-refractivity contribution in [2.24, 2.45) is 0 Å². The molecule has 0 spiro atoms. The number of H-pyrrole nitrogens is 1. The smallest absolute Gasteiger partial charge is 0.326 e. The van der Waals surface area contributed by atoms with Crippen LogP contribution in [0.4, 0.5) is 0 Å². The van der Waals surface area contributed by atoms with Crippen LogP contribution in [0.5, 0.6) is 0 Å². The van der Waals surface area contributed by atoms with Crippen LogP contribution in [-0.2, 0) is 16.0 Å². The van der Waals surface area contributed by atoms with E-state index in [2.05, 4.69) is 25.8 Å². The van der Waals surface area contributed by atoms with Crippen molar-refractivity contribution in [3.05, 3.63) is 65.9 Å². The highest BCUT2D eigenvalue weighted by Crippen LogP contribution is 2.21. The quantitative estimate of drug-likeness (QED) is 0.362. The molecule has 1 amide bonds. The lowest BCUT2D eigenvalue weighted by atomic mass is 10.1. The summed E-state index contributed by atoms with van der Waals surface area (Å²) < 4.78 is 1.56. The molecule has 0 radical (unpaired) electrons. The monoisotopic (exact) mass is 436 g/mol. The Bertz CT molecular complexity index is 1230. The fraction of sp³-hybridized carbons (Fsp3) is 0.190. The van der Waals surface area contributed by atoms with Gasteiger partial charge in [0, 0.05) is 23.5 Å². The van der Waals surface area contributed by atoms with E-state index in [0.717, 1.165) is 39.5 Å². The zero-order chi connectivity index (χ0) is 21.8. The number of hydrogen-bond acceptors (Lipinski definition) is 6. The summed E-state index contributed by atoms with van der Waals surface area (Å²) in [5, 5.41) is 25.3. The highest BCUT2D eigenvalue weighted by Gasteiger charge is 2.22. The summed E-state index contributed by atoms with van der Waals surface area (Å²) >= 11 is 1.15. The molecule has 1 atom stereocenters. The molecule has 1 unspecified atom stereocenters. The number of rotatable bonds is 8. The number of nitrogens with one attached hydrogen (secondary N) is 2. The van der Waals surface area contributed by atoms with Crippen molar-refractivity contribution in [3.63, 3.8) is 0 Å². The summed E-state index contributed by atoms with van der Waals surface area (Å²) in [7, 11) is 0. The van der Waals surface area contributed by atoms with Crippen molar-refractivity contribution >= 4 is 34.5 Å². The van der Waals surface area contributed by atoms with Gasteiger partial charge < -0.3 is 15.4 Å². The van der Waals surface area contributed by atoms with Crippen molar-refractivity contribution in [1.82, 2.24) is 30.5 Å². The number of aryl methyl sites for hydroxylation is 1. The molecule has 2 heterocycles. The van der Waals surface area contributed by atoms with Gasteiger partial charge in [0.1, 0.15) is 6.04 Å². The van der Waals surface area contributed by atoms with E-state index in [0.29, 0.717) is 5.16 Å². The molecule has 0 aliphatic heterocycles. The number of aromatic amines is 1. The standard InChI is InChI=1S/C21H20N6O3S/c1-13-6-2-5-9-18(13)27-21(24-25-26-27)31-12-19(28)23-17(20(29)30)10-14-11-22-16-8-4-3-7-15(14)16/h2-9,11,17,22H,10,12H2,1H3,(H,23,28)(H,29,30). The zero-order valence-electron chi connectivity index (χ0n) is 16.6. The van der Waals surface area contributed by atoms with Gasteiger partial charge in [0.05, 0.1) is 11.4 Å². The Morgan fingerprint density at radius 2 is 1.97 bits per heavy atom. The predicted octanol–water partition coefficient (Wildman–Crippen LogP) is 2.36. The first-order chi connectivity index (χ1) is 15.0. The Morgan fingerprint density at radius 1 is 1.19 bits per heavy atom. The Morgan fingerprint density at radius 3 is 2.77 bits per heavy atom. The first-order valence-corrected chi connectivity index (χ1v) is 10.6. The van der Waals surface area contributed by atoms with Crippen molar-refractivity contribution in [2.45, 2.75) is 24.5 Å². The molecule has 158 valence electrons. The Balaban J connectivity index is 1.41. The summed E-state index contributed by atoms with van der Waals surface area (Å²) in [5.74, 6) is -1.51. The number of thioether (sulfide) groups is 1. The summed E-state index contributed by atoms with van der Waals surface area (Å²) in [5.41, 5.74) is 3.56. The summed E-state index contributed by atoms with van der Waals surface area (Å²) in [6.07, 6.45) is 1.95. The molecule has 0 saturated heterocycles. The number of carbonyl (C=O) groups excluding carboxylic acids is 1. The molecule has 31 heavy (non-hydrogen) atoms. The molecule has 4 aromatic rings. The molecule has 3 N–H and O–H groups in total. The lowest BCUT2D eigenvalue weighted by molar-refractivity contribution is -0.141. The SMILES string of the molecule is Cc1ccccc1-n1nnnc1SCC(=O)NC(Cc1c[nH]c2ccccc12)C(=O)O. The van der Waals surface area contributed by atoms with Crippen molar-refractivity contribution < 1.29 is 14.7 Å². The van der Waals surface area contributed by atoms with E-state index in [-0.39, 0.29) is 12.2 Å². The number of amides is 1. The number of carboxylic acid groups (broad SMARTS) is 1. The summed E-state index contributed by atoms with van der Waals surface area (Å²) in [6, 6.07) is 14.2. The van der Waals surface area contributed by atoms with Crippen LogP contribution in [0.3, 0.4) is 0 Å². The van der Waals surface area contributed by atoms with Gasteiger partial charge in [-0.05, 0) is 40.6 Å². The van der Waals surface area contributed by atoms with Crippen molar-refractivity contribution in [1.29, 1.82) is 0 Å². The molecule has 2 aromatic carbocycles. The number of nitrogens with zero attached hydrogens (tertiary/aromatic N) is 4. The molecular weight excluding hydrogens is 416 g/mol. The normalized spacial score (nSPS) is 12.0. The van der Waals surface area contributed by atoms with Crippen LogP contribution >= 0.6 is 11.8 Å². The van der Waals surface area contributed by atoms with E-state index in [1.807, 2.05) is 55.5 Å². The second-order valence-electron chi connectivity index (χ2n) is 6.97. The molecule has 0 bridgehead atoms. The van der Waals surface area contributed by atoms with Gasteiger partial charge in [0.15, 0.2) is 0 Å². The maximum Gasteiger partial charge on any atom is 0.326 e. The number of para-hydroxylation sites is 2. The number of aliphatic carboxylic acids is 1. The van der Waals surface area contributed by atoms with Gasteiger partial charge in [-0.15, -0.1) is 5.10 Å². The van der Waals surface area contributed by atoms with Crippen LogP contribution in [0.25, 0.3) is 16.6 Å². The van der Waals surface area contributed by atoms with E-state index < -0.39 is 17.9 Å². The minimum atomic E-state index is -1.09. The fourth-order valence-corrected chi connectivity index (χ4v) is 4.00. The van der Waals surface area contributed by atoms with Crippen LogP contribution in [0.1, 0.15) is 11.1 Å². The molecule has 9 nitrogen and oxygen atoms in total. The molecule has 0 aliphatic rings. The van der Waals surface area contributed by atoms with Gasteiger partial charge in [-0.25, -0.2) is 4.79 Å². The van der Waals surface area contributed by atoms with Gasteiger partial charge in [-0.1, -0.05) is 48.2 Å². The zero-order valence-corrected chi connectivity index (χ0v) is 17.5. The third kappa shape index (κ3) is 4.58. The second-order valence-corrected chi connectivity index (χ2v) is 7.91. The van der Waals surface area contributed by atoms with E-state index in [9.17, 15) is 14.7 Å². The number of aromatic nitrogens is 5. The Kier molecular flexibility index (Phi) is 5.99. The number of hydrogen-bond donors (Lipinski definition) is 3. The highest BCUT2D eigenvalue weighted by molar-refractivity contribution is 7.99. The van der Waals surface area contributed by atoms with E-state index in [1.54, 1.807) is 10.9 Å². The minimum absolute atomic E-state index is 0.0100. The lowest BCUT2D eigenvalue weighted by Crippen LogP contribution is -2.43. The lowest BCUT2D eigenvalue weighted by Gasteiger charge is -2.14. The van der Waals surface area contributed by atoms with Crippen LogP contribution < -0.4 is 5.32 Å². The molecule has 0 saturated carbocycles. The number of carboxylic acids is 1. The first kappa shape index (κ1) is 20.6. The molecular formula is C21H20N6O3S. The third-order valence-electron chi connectivity index (χ3n) is 4.85. The topological polar surface area (TPSA) is 126 Å². The molecule has 0 aliphatic carbocycles. The van der Waals surface area contributed by atoms with Gasteiger partial charge in [0.25, 0.3) is 0 Å². The maximum absolute atomic E-state index is 12.5. The van der Waals surface area contributed by atoms with Gasteiger partial charge >= 0.3 is 5.97 Å². The number of fused-ring (bicyclic) bond motifs is 1. The van der Waals surface area contributed by atoms with Crippen molar-refractivity contribution in [3.8, 4) is 5.69 Å². The van der Waals surface area contributed by atoms with Crippen LogP contribution in [0.2, 0.25) is 0 Å². The first-order valence-electron chi connectivity index (χ1n) is 9.57. The number of benzene rings is 2. The fourth-order valence-electron chi connectivity index (χ4n) is 3.31. The van der Waals surface area contributed by atoms with Crippen LogP contribution in [-0.4, -0.2) is 54.0 Å². The van der Waals surface area contributed by atoms with Crippen molar-refractivity contribution in [2.75, 3.05) is 5.75 Å². The molecule has 2 aromatic heterocycles. The number of tetrazole rings is 1. The summed E-state index contributed by atoms with van der Waals surface area (Å²) in [4.78, 5) is 27.3. The van der Waals surface area contributed by atoms with E-state index >= 15 is 0 Å². The second kappa shape index (κ2) is 9.00. The van der Waals surface area contributed by atoms with E-state index in [1.165, 1.54) is 0 Å². The molecule has 0 fully saturated rings. The number of carbonyl (C=O) groups is 2. The largest absolute Gasteiger partial charge is 0.480 e. The van der Waals surface area contributed by atoms with Crippen LogP contribution in [0.15, 0.2) is 59.9 Å². The Labute approximate surface area is 181 Å².